The summed E-state index contributed by atoms with van der Waals surface area (Å²) in [7, 11) is 1.43. The molecule has 1 aromatic heterocycles. The van der Waals surface area contributed by atoms with Gasteiger partial charge in [-0.1, -0.05) is 0 Å². The molecule has 17 heavy (non-hydrogen) atoms. The lowest BCUT2D eigenvalue weighted by atomic mass is 10.2. The van der Waals surface area contributed by atoms with Gasteiger partial charge in [0.1, 0.15) is 11.9 Å². The quantitative estimate of drug-likeness (QED) is 0.786. The number of aromatic nitrogens is 1. The van der Waals surface area contributed by atoms with Crippen LogP contribution in [-0.2, 0) is 9.53 Å². The van der Waals surface area contributed by atoms with E-state index < -0.39 is 0 Å². The molecule has 1 aromatic rings. The largest absolute Gasteiger partial charge is 0.467 e. The van der Waals surface area contributed by atoms with Crippen molar-refractivity contribution in [1.82, 2.24) is 4.98 Å². The number of ether oxygens (including phenoxy) is 1. The molecule has 0 aromatic carbocycles. The standard InChI is InChI=1S/C12H15BrN2O2/c1-8-6-9(13)11(14-7-8)15-5-3-4-10(15)12(16)17-2/h6-7,10H,3-5H2,1-2H3. The van der Waals surface area contributed by atoms with Gasteiger partial charge < -0.3 is 9.64 Å². The van der Waals surface area contributed by atoms with Crippen molar-refractivity contribution in [3.8, 4) is 0 Å². The van der Waals surface area contributed by atoms with E-state index in [-0.39, 0.29) is 12.0 Å². The average molecular weight is 299 g/mol. The van der Waals surface area contributed by atoms with Crippen LogP contribution in [0.1, 0.15) is 18.4 Å². The Morgan fingerprint density at radius 3 is 3.06 bits per heavy atom. The number of pyridine rings is 1. The fourth-order valence-electron chi connectivity index (χ4n) is 2.14. The highest BCUT2D eigenvalue weighted by Crippen LogP contribution is 2.30. The third-order valence-electron chi connectivity index (χ3n) is 2.96. The highest BCUT2D eigenvalue weighted by atomic mass is 79.9. The zero-order valence-corrected chi connectivity index (χ0v) is 11.5. The number of aryl methyl sites for hydroxylation is 1. The molecule has 0 spiro atoms. The second-order valence-corrected chi connectivity index (χ2v) is 5.05. The summed E-state index contributed by atoms with van der Waals surface area (Å²) >= 11 is 3.50. The van der Waals surface area contributed by atoms with Crippen LogP contribution in [0.2, 0.25) is 0 Å². The highest BCUT2D eigenvalue weighted by molar-refractivity contribution is 9.10. The Kier molecular flexibility index (Phi) is 3.66. The Labute approximate surface area is 109 Å². The number of methoxy groups -OCH3 is 1. The number of hydrogen-bond acceptors (Lipinski definition) is 4. The van der Waals surface area contributed by atoms with Crippen LogP contribution in [0.3, 0.4) is 0 Å². The Bertz CT molecular complexity index is 437. The molecular formula is C12H15BrN2O2. The molecule has 2 rings (SSSR count). The molecule has 1 unspecified atom stereocenters. The molecule has 4 nitrogen and oxygen atoms in total. The predicted octanol–water partition coefficient (Wildman–Crippen LogP) is 2.29. The van der Waals surface area contributed by atoms with E-state index in [0.29, 0.717) is 0 Å². The average Bonchev–Trinajstić information content (AvgIpc) is 2.77. The molecule has 0 radical (unpaired) electrons. The van der Waals surface area contributed by atoms with E-state index >= 15 is 0 Å². The Morgan fingerprint density at radius 1 is 1.65 bits per heavy atom. The van der Waals surface area contributed by atoms with E-state index in [9.17, 15) is 4.79 Å². The maximum absolute atomic E-state index is 11.7. The van der Waals surface area contributed by atoms with E-state index in [1.807, 2.05) is 24.1 Å². The van der Waals surface area contributed by atoms with Crippen LogP contribution in [0.25, 0.3) is 0 Å². The molecule has 1 saturated heterocycles. The van der Waals surface area contributed by atoms with Gasteiger partial charge in [-0.15, -0.1) is 0 Å². The first-order valence-electron chi connectivity index (χ1n) is 5.60. The van der Waals surface area contributed by atoms with E-state index in [0.717, 1.165) is 35.2 Å². The number of halogens is 1. The molecule has 0 saturated carbocycles. The van der Waals surface area contributed by atoms with Crippen molar-refractivity contribution in [2.75, 3.05) is 18.6 Å². The van der Waals surface area contributed by atoms with Crippen LogP contribution < -0.4 is 4.90 Å². The fraction of sp³-hybridized carbons (Fsp3) is 0.500. The number of hydrogen-bond donors (Lipinski definition) is 0. The molecule has 2 heterocycles. The molecule has 1 aliphatic heterocycles. The lowest BCUT2D eigenvalue weighted by Gasteiger charge is -2.24. The zero-order valence-electron chi connectivity index (χ0n) is 9.94. The van der Waals surface area contributed by atoms with Crippen LogP contribution >= 0.6 is 15.9 Å². The van der Waals surface area contributed by atoms with Crippen molar-refractivity contribution in [2.45, 2.75) is 25.8 Å². The summed E-state index contributed by atoms with van der Waals surface area (Å²) in [6.45, 7) is 2.83. The number of rotatable bonds is 2. The predicted molar refractivity (Wildman–Crippen MR) is 69.1 cm³/mol. The van der Waals surface area contributed by atoms with Crippen LogP contribution in [-0.4, -0.2) is 30.6 Å². The fourth-order valence-corrected chi connectivity index (χ4v) is 2.83. The summed E-state index contributed by atoms with van der Waals surface area (Å²) < 4.78 is 5.75. The molecule has 5 heteroatoms. The van der Waals surface area contributed by atoms with Crippen molar-refractivity contribution in [1.29, 1.82) is 0 Å². The zero-order chi connectivity index (χ0) is 12.4. The number of esters is 1. The van der Waals surface area contributed by atoms with Crippen molar-refractivity contribution in [2.24, 2.45) is 0 Å². The van der Waals surface area contributed by atoms with Gasteiger partial charge in [0.25, 0.3) is 0 Å². The Morgan fingerprint density at radius 2 is 2.41 bits per heavy atom. The molecular weight excluding hydrogens is 284 g/mol. The van der Waals surface area contributed by atoms with Gasteiger partial charge in [-0.25, -0.2) is 9.78 Å². The van der Waals surface area contributed by atoms with Crippen molar-refractivity contribution >= 4 is 27.7 Å². The second kappa shape index (κ2) is 5.04. The normalized spacial score (nSPS) is 19.5. The SMILES string of the molecule is COC(=O)C1CCCN1c1ncc(C)cc1Br. The molecule has 0 amide bonds. The van der Waals surface area contributed by atoms with E-state index in [2.05, 4.69) is 20.9 Å². The van der Waals surface area contributed by atoms with Crippen LogP contribution in [0, 0.1) is 6.92 Å². The van der Waals surface area contributed by atoms with Gasteiger partial charge in [-0.2, -0.15) is 0 Å². The Hall–Kier alpha value is -1.10. The first kappa shape index (κ1) is 12.4. The van der Waals surface area contributed by atoms with Crippen molar-refractivity contribution < 1.29 is 9.53 Å². The minimum atomic E-state index is -0.202. The summed E-state index contributed by atoms with van der Waals surface area (Å²) in [5.41, 5.74) is 1.09. The smallest absolute Gasteiger partial charge is 0.328 e. The lowest BCUT2D eigenvalue weighted by Crippen LogP contribution is -2.37. The molecule has 92 valence electrons. The van der Waals surface area contributed by atoms with E-state index in [1.54, 1.807) is 0 Å². The van der Waals surface area contributed by atoms with Crippen LogP contribution in [0.4, 0.5) is 5.82 Å². The van der Waals surface area contributed by atoms with E-state index in [1.165, 1.54) is 7.11 Å². The topological polar surface area (TPSA) is 42.4 Å². The molecule has 1 aliphatic rings. The lowest BCUT2D eigenvalue weighted by molar-refractivity contribution is -0.141. The van der Waals surface area contributed by atoms with E-state index in [4.69, 9.17) is 4.74 Å². The van der Waals surface area contributed by atoms with Crippen molar-refractivity contribution in [3.05, 3.63) is 22.3 Å². The molecule has 1 atom stereocenters. The maximum Gasteiger partial charge on any atom is 0.328 e. The van der Waals surface area contributed by atoms with Gasteiger partial charge >= 0.3 is 5.97 Å². The van der Waals surface area contributed by atoms with Gasteiger partial charge in [0.15, 0.2) is 0 Å². The van der Waals surface area contributed by atoms with Crippen molar-refractivity contribution in [3.63, 3.8) is 0 Å². The minimum absolute atomic E-state index is 0.184. The van der Waals surface area contributed by atoms with Gasteiger partial charge in [0.05, 0.1) is 11.6 Å². The first-order valence-corrected chi connectivity index (χ1v) is 6.39. The second-order valence-electron chi connectivity index (χ2n) is 4.19. The summed E-state index contributed by atoms with van der Waals surface area (Å²) in [5, 5.41) is 0. The van der Waals surface area contributed by atoms with Crippen LogP contribution in [0.15, 0.2) is 16.7 Å². The monoisotopic (exact) mass is 298 g/mol. The summed E-state index contributed by atoms with van der Waals surface area (Å²) in [6, 6.07) is 1.81. The van der Waals surface area contributed by atoms with Gasteiger partial charge in [-0.05, 0) is 47.3 Å². The summed E-state index contributed by atoms with van der Waals surface area (Å²) in [6.07, 6.45) is 3.63. The maximum atomic E-state index is 11.7. The number of anilines is 1. The number of carbonyl (C=O) groups excluding carboxylic acids is 1. The molecule has 0 N–H and O–H groups in total. The van der Waals surface area contributed by atoms with Gasteiger partial charge in [-0.3, -0.25) is 0 Å². The molecule has 0 bridgehead atoms. The van der Waals surface area contributed by atoms with Crippen LogP contribution in [0.5, 0.6) is 0 Å². The minimum Gasteiger partial charge on any atom is -0.467 e. The molecule has 0 aliphatic carbocycles. The third-order valence-corrected chi connectivity index (χ3v) is 3.54. The summed E-state index contributed by atoms with van der Waals surface area (Å²) in [5.74, 6) is 0.639. The highest BCUT2D eigenvalue weighted by Gasteiger charge is 2.33. The number of carbonyl (C=O) groups is 1. The molecule has 1 fully saturated rings. The summed E-state index contributed by atoms with van der Waals surface area (Å²) in [4.78, 5) is 18.1. The van der Waals surface area contributed by atoms with Gasteiger partial charge in [0, 0.05) is 12.7 Å². The third kappa shape index (κ3) is 2.44. The Balaban J connectivity index is 2.29. The number of nitrogens with zero attached hydrogens (tertiary/aromatic N) is 2. The first-order chi connectivity index (χ1) is 8.13. The van der Waals surface area contributed by atoms with Gasteiger partial charge in [0.2, 0.25) is 0 Å².